The molecule has 0 aliphatic carbocycles. The Morgan fingerprint density at radius 2 is 1.77 bits per heavy atom. The normalized spacial score (nSPS) is 16.3. The van der Waals surface area contributed by atoms with Gasteiger partial charge in [0.2, 0.25) is 0 Å². The third-order valence-electron chi connectivity index (χ3n) is 4.26. The molecule has 1 N–H and O–H groups in total. The van der Waals surface area contributed by atoms with E-state index in [0.29, 0.717) is 0 Å². The first-order valence-corrected chi connectivity index (χ1v) is 7.67. The van der Waals surface area contributed by atoms with Crippen LogP contribution in [0.15, 0.2) is 49.1 Å². The Kier molecular flexibility index (Phi) is 3.48. The maximum atomic E-state index is 4.10. The van der Waals surface area contributed by atoms with Gasteiger partial charge in [0.1, 0.15) is 6.33 Å². The molecule has 1 aliphatic heterocycles. The topological polar surface area (TPSA) is 48.1 Å². The molecule has 0 unspecified atom stereocenters. The summed E-state index contributed by atoms with van der Waals surface area (Å²) >= 11 is 0. The summed E-state index contributed by atoms with van der Waals surface area (Å²) in [6, 6.07) is 10.7. The summed E-state index contributed by atoms with van der Waals surface area (Å²) in [5.74, 6) is 0. The molecule has 0 amide bonds. The number of rotatable bonds is 3. The first-order valence-electron chi connectivity index (χ1n) is 7.67. The smallest absolute Gasteiger partial charge is 0.115 e. The lowest BCUT2D eigenvalue weighted by molar-refractivity contribution is 0.247. The second kappa shape index (κ2) is 5.77. The minimum atomic E-state index is 0.980. The molecule has 3 heterocycles. The highest BCUT2D eigenvalue weighted by Gasteiger charge is 2.18. The minimum Gasteiger partial charge on any atom is -0.366 e. The van der Waals surface area contributed by atoms with Gasteiger partial charge >= 0.3 is 0 Å². The number of hydrogen-bond acceptors (Lipinski definition) is 4. The number of aromatic nitrogens is 3. The SMILES string of the molecule is c1ccc2[nH]c(CN3CCN(c4cncnc4)CC3)cc2c1. The van der Waals surface area contributed by atoms with E-state index in [0.717, 1.165) is 38.4 Å². The van der Waals surface area contributed by atoms with Gasteiger partial charge in [0.05, 0.1) is 18.1 Å². The van der Waals surface area contributed by atoms with E-state index in [2.05, 4.69) is 55.1 Å². The zero-order chi connectivity index (χ0) is 14.8. The fourth-order valence-electron chi connectivity index (χ4n) is 3.08. The quantitative estimate of drug-likeness (QED) is 0.805. The van der Waals surface area contributed by atoms with Crippen LogP contribution in [0.3, 0.4) is 0 Å². The van der Waals surface area contributed by atoms with Gasteiger partial charge in [-0.2, -0.15) is 0 Å². The molecule has 112 valence electrons. The van der Waals surface area contributed by atoms with Gasteiger partial charge in [0.15, 0.2) is 0 Å². The number of aromatic amines is 1. The van der Waals surface area contributed by atoms with E-state index in [1.165, 1.54) is 16.6 Å². The third-order valence-corrected chi connectivity index (χ3v) is 4.26. The van der Waals surface area contributed by atoms with Crippen LogP contribution in [0.1, 0.15) is 5.69 Å². The maximum absolute atomic E-state index is 4.10. The van der Waals surface area contributed by atoms with Crippen molar-refractivity contribution in [2.24, 2.45) is 0 Å². The van der Waals surface area contributed by atoms with E-state index >= 15 is 0 Å². The summed E-state index contributed by atoms with van der Waals surface area (Å²) in [6.07, 6.45) is 5.36. The Morgan fingerprint density at radius 1 is 1.00 bits per heavy atom. The molecule has 22 heavy (non-hydrogen) atoms. The molecule has 0 radical (unpaired) electrons. The number of para-hydroxylation sites is 1. The van der Waals surface area contributed by atoms with Gasteiger partial charge in [0, 0.05) is 43.9 Å². The first kappa shape index (κ1) is 13.3. The van der Waals surface area contributed by atoms with Crippen molar-refractivity contribution in [1.82, 2.24) is 19.9 Å². The Hall–Kier alpha value is -2.40. The van der Waals surface area contributed by atoms with E-state index in [-0.39, 0.29) is 0 Å². The van der Waals surface area contributed by atoms with Crippen LogP contribution in [-0.2, 0) is 6.54 Å². The molecular weight excluding hydrogens is 274 g/mol. The van der Waals surface area contributed by atoms with Crippen LogP contribution in [0.25, 0.3) is 10.9 Å². The van der Waals surface area contributed by atoms with Gasteiger partial charge < -0.3 is 9.88 Å². The molecule has 0 bridgehead atoms. The minimum absolute atomic E-state index is 0.980. The molecule has 0 atom stereocenters. The molecule has 0 spiro atoms. The Bertz CT molecular complexity index is 711. The summed E-state index contributed by atoms with van der Waals surface area (Å²) in [4.78, 5) is 16.5. The van der Waals surface area contributed by atoms with Crippen LogP contribution in [0.2, 0.25) is 0 Å². The van der Waals surface area contributed by atoms with Gasteiger partial charge in [-0.05, 0) is 17.5 Å². The zero-order valence-electron chi connectivity index (χ0n) is 12.4. The molecule has 1 saturated heterocycles. The van der Waals surface area contributed by atoms with Crippen molar-refractivity contribution in [2.75, 3.05) is 31.1 Å². The highest BCUT2D eigenvalue weighted by Crippen LogP contribution is 2.18. The largest absolute Gasteiger partial charge is 0.366 e. The van der Waals surface area contributed by atoms with E-state index in [9.17, 15) is 0 Å². The lowest BCUT2D eigenvalue weighted by atomic mass is 10.2. The average Bonchev–Trinajstić information content (AvgIpc) is 2.98. The number of fused-ring (bicyclic) bond motifs is 1. The second-order valence-electron chi connectivity index (χ2n) is 5.74. The molecule has 4 rings (SSSR count). The standard InChI is InChI=1S/C17H19N5/c1-2-4-17-14(3-1)9-15(20-17)12-21-5-7-22(8-6-21)16-10-18-13-19-11-16/h1-4,9-11,13,20H,5-8,12H2. The molecule has 5 heteroatoms. The highest BCUT2D eigenvalue weighted by atomic mass is 15.3. The zero-order valence-corrected chi connectivity index (χ0v) is 12.4. The monoisotopic (exact) mass is 293 g/mol. The lowest BCUT2D eigenvalue weighted by Gasteiger charge is -2.35. The molecule has 3 aromatic rings. The van der Waals surface area contributed by atoms with Crippen LogP contribution in [0, 0.1) is 0 Å². The Morgan fingerprint density at radius 3 is 2.55 bits per heavy atom. The lowest BCUT2D eigenvalue weighted by Crippen LogP contribution is -2.46. The van der Waals surface area contributed by atoms with E-state index in [1.807, 2.05) is 12.4 Å². The van der Waals surface area contributed by atoms with Gasteiger partial charge in [-0.3, -0.25) is 4.90 Å². The molecule has 5 nitrogen and oxygen atoms in total. The molecule has 0 saturated carbocycles. The van der Waals surface area contributed by atoms with Crippen molar-refractivity contribution in [1.29, 1.82) is 0 Å². The van der Waals surface area contributed by atoms with Crippen molar-refractivity contribution in [3.05, 3.63) is 54.7 Å². The number of hydrogen-bond donors (Lipinski definition) is 1. The van der Waals surface area contributed by atoms with Gasteiger partial charge in [-0.15, -0.1) is 0 Å². The fraction of sp³-hybridized carbons (Fsp3) is 0.294. The van der Waals surface area contributed by atoms with Crippen LogP contribution in [0.5, 0.6) is 0 Å². The summed E-state index contributed by atoms with van der Waals surface area (Å²) in [5.41, 5.74) is 3.63. The Labute approximate surface area is 129 Å². The Balaban J connectivity index is 1.39. The molecule has 2 aromatic heterocycles. The highest BCUT2D eigenvalue weighted by molar-refractivity contribution is 5.80. The maximum Gasteiger partial charge on any atom is 0.115 e. The number of benzene rings is 1. The predicted octanol–water partition coefficient (Wildman–Crippen LogP) is 2.28. The number of piperazine rings is 1. The van der Waals surface area contributed by atoms with Crippen molar-refractivity contribution in [2.45, 2.75) is 6.54 Å². The van der Waals surface area contributed by atoms with Crippen LogP contribution >= 0.6 is 0 Å². The van der Waals surface area contributed by atoms with Gasteiger partial charge in [-0.25, -0.2) is 9.97 Å². The summed E-state index contributed by atoms with van der Waals surface area (Å²) in [7, 11) is 0. The van der Waals surface area contributed by atoms with Crippen LogP contribution < -0.4 is 4.90 Å². The number of H-pyrrole nitrogens is 1. The van der Waals surface area contributed by atoms with E-state index in [4.69, 9.17) is 0 Å². The number of nitrogens with one attached hydrogen (secondary N) is 1. The summed E-state index contributed by atoms with van der Waals surface area (Å²) in [6.45, 7) is 5.14. The van der Waals surface area contributed by atoms with Crippen molar-refractivity contribution >= 4 is 16.6 Å². The van der Waals surface area contributed by atoms with Crippen molar-refractivity contribution in [3.63, 3.8) is 0 Å². The van der Waals surface area contributed by atoms with Gasteiger partial charge in [-0.1, -0.05) is 18.2 Å². The third kappa shape index (κ3) is 2.67. The van der Waals surface area contributed by atoms with E-state index < -0.39 is 0 Å². The second-order valence-corrected chi connectivity index (χ2v) is 5.74. The predicted molar refractivity (Wildman–Crippen MR) is 87.8 cm³/mol. The first-order chi connectivity index (χ1) is 10.9. The molecular formula is C17H19N5. The molecule has 1 aromatic carbocycles. The van der Waals surface area contributed by atoms with Crippen LogP contribution in [-0.4, -0.2) is 46.0 Å². The number of anilines is 1. The van der Waals surface area contributed by atoms with Crippen LogP contribution in [0.4, 0.5) is 5.69 Å². The van der Waals surface area contributed by atoms with E-state index in [1.54, 1.807) is 6.33 Å². The van der Waals surface area contributed by atoms with Crippen molar-refractivity contribution < 1.29 is 0 Å². The summed E-state index contributed by atoms with van der Waals surface area (Å²) < 4.78 is 0. The van der Waals surface area contributed by atoms with Gasteiger partial charge in [0.25, 0.3) is 0 Å². The number of nitrogens with zero attached hydrogens (tertiary/aromatic N) is 4. The van der Waals surface area contributed by atoms with Crippen molar-refractivity contribution in [3.8, 4) is 0 Å². The fourth-order valence-corrected chi connectivity index (χ4v) is 3.08. The molecule has 1 aliphatic rings. The molecule has 1 fully saturated rings. The summed E-state index contributed by atoms with van der Waals surface area (Å²) in [5, 5.41) is 1.29. The average molecular weight is 293 g/mol.